The summed E-state index contributed by atoms with van der Waals surface area (Å²) < 4.78 is 35.4. The lowest BCUT2D eigenvalue weighted by molar-refractivity contribution is 0.266. The van der Waals surface area contributed by atoms with Gasteiger partial charge in [0.05, 0.1) is 19.3 Å². The molecule has 2 aromatic rings. The second-order valence-corrected chi connectivity index (χ2v) is 7.63. The summed E-state index contributed by atoms with van der Waals surface area (Å²) in [4.78, 5) is 4.44. The van der Waals surface area contributed by atoms with Gasteiger partial charge in [0, 0.05) is 18.7 Å². The van der Waals surface area contributed by atoms with Crippen LogP contribution in [0.2, 0.25) is 0 Å². The van der Waals surface area contributed by atoms with Crippen molar-refractivity contribution >= 4 is 10.0 Å². The zero-order chi connectivity index (χ0) is 16.4. The number of nitrogens with zero attached hydrogens (tertiary/aromatic N) is 3. The summed E-state index contributed by atoms with van der Waals surface area (Å²) in [5.74, 6) is 1.69. The highest BCUT2D eigenvalue weighted by Gasteiger charge is 2.30. The number of rotatable bonds is 4. The summed E-state index contributed by atoms with van der Waals surface area (Å²) >= 11 is 0. The van der Waals surface area contributed by atoms with Gasteiger partial charge in [0.1, 0.15) is 5.75 Å². The number of benzene rings is 1. The number of hydrogen-bond acceptors (Lipinski definition) is 6. The van der Waals surface area contributed by atoms with Crippen LogP contribution in [0.15, 0.2) is 28.8 Å². The number of methoxy groups -OCH3 is 1. The van der Waals surface area contributed by atoms with E-state index in [9.17, 15) is 8.42 Å². The van der Waals surface area contributed by atoms with Crippen LogP contribution < -0.4 is 4.74 Å². The maximum atomic E-state index is 11.7. The van der Waals surface area contributed by atoms with E-state index in [1.54, 1.807) is 7.11 Å². The third-order valence-electron chi connectivity index (χ3n) is 3.99. The van der Waals surface area contributed by atoms with Crippen molar-refractivity contribution in [3.05, 3.63) is 30.2 Å². The Bertz CT molecular complexity index is 770. The highest BCUT2D eigenvalue weighted by molar-refractivity contribution is 7.88. The predicted molar refractivity (Wildman–Crippen MR) is 84.7 cm³/mol. The van der Waals surface area contributed by atoms with Gasteiger partial charge in [-0.25, -0.2) is 12.7 Å². The van der Waals surface area contributed by atoms with Gasteiger partial charge >= 0.3 is 0 Å². The van der Waals surface area contributed by atoms with Gasteiger partial charge in [-0.15, -0.1) is 0 Å². The normalized spacial score (nSPS) is 19.7. The molecule has 0 aliphatic carbocycles. The average Bonchev–Trinajstić information content (AvgIpc) is 3.04. The first-order valence-electron chi connectivity index (χ1n) is 7.40. The number of sulfonamides is 1. The molecule has 1 aliphatic heterocycles. The van der Waals surface area contributed by atoms with Crippen LogP contribution in [0.5, 0.6) is 5.75 Å². The monoisotopic (exact) mass is 337 g/mol. The fourth-order valence-corrected chi connectivity index (χ4v) is 3.62. The molecule has 1 atom stereocenters. The molecule has 7 nitrogen and oxygen atoms in total. The van der Waals surface area contributed by atoms with Gasteiger partial charge in [-0.3, -0.25) is 0 Å². The molecule has 3 rings (SSSR count). The molecule has 1 aliphatic rings. The summed E-state index contributed by atoms with van der Waals surface area (Å²) in [7, 11) is -1.58. The van der Waals surface area contributed by atoms with Crippen LogP contribution in [0.4, 0.5) is 0 Å². The topological polar surface area (TPSA) is 85.5 Å². The van der Waals surface area contributed by atoms with E-state index >= 15 is 0 Å². The number of ether oxygens (including phenoxy) is 1. The zero-order valence-electron chi connectivity index (χ0n) is 13.1. The quantitative estimate of drug-likeness (QED) is 0.847. The fourth-order valence-electron chi connectivity index (χ4n) is 2.70. The highest BCUT2D eigenvalue weighted by Crippen LogP contribution is 2.29. The second-order valence-electron chi connectivity index (χ2n) is 5.64. The Hall–Kier alpha value is -1.93. The highest BCUT2D eigenvalue weighted by atomic mass is 32.2. The number of hydrogen-bond donors (Lipinski definition) is 0. The first kappa shape index (κ1) is 15.9. The van der Waals surface area contributed by atoms with Crippen LogP contribution >= 0.6 is 0 Å². The molecule has 0 N–H and O–H groups in total. The van der Waals surface area contributed by atoms with Crippen molar-refractivity contribution < 1.29 is 17.7 Å². The van der Waals surface area contributed by atoms with E-state index in [-0.39, 0.29) is 5.92 Å². The van der Waals surface area contributed by atoms with Crippen LogP contribution in [-0.4, -0.2) is 49.3 Å². The summed E-state index contributed by atoms with van der Waals surface area (Å²) in [6, 6.07) is 7.38. The average molecular weight is 337 g/mol. The lowest BCUT2D eigenvalue weighted by atomic mass is 10.00. The Morgan fingerprint density at radius 2 is 2.04 bits per heavy atom. The Balaban J connectivity index is 1.78. The molecule has 0 amide bonds. The molecule has 0 radical (unpaired) electrons. The van der Waals surface area contributed by atoms with Crippen molar-refractivity contribution in [1.82, 2.24) is 14.4 Å². The Kier molecular flexibility index (Phi) is 4.36. The zero-order valence-corrected chi connectivity index (χ0v) is 13.9. The van der Waals surface area contributed by atoms with Gasteiger partial charge < -0.3 is 9.26 Å². The van der Waals surface area contributed by atoms with E-state index in [0.29, 0.717) is 24.8 Å². The van der Waals surface area contributed by atoms with E-state index in [1.165, 1.54) is 10.6 Å². The van der Waals surface area contributed by atoms with E-state index < -0.39 is 10.0 Å². The molecule has 23 heavy (non-hydrogen) atoms. The van der Waals surface area contributed by atoms with Gasteiger partial charge in [0.25, 0.3) is 0 Å². The molecule has 1 aromatic heterocycles. The molecule has 0 saturated carbocycles. The van der Waals surface area contributed by atoms with Gasteiger partial charge in [-0.05, 0) is 37.1 Å². The van der Waals surface area contributed by atoms with Crippen molar-refractivity contribution in [1.29, 1.82) is 0 Å². The van der Waals surface area contributed by atoms with Gasteiger partial charge in [0.2, 0.25) is 21.7 Å². The van der Waals surface area contributed by atoms with E-state index in [0.717, 1.165) is 24.2 Å². The largest absolute Gasteiger partial charge is 0.497 e. The van der Waals surface area contributed by atoms with Crippen LogP contribution in [0.3, 0.4) is 0 Å². The summed E-state index contributed by atoms with van der Waals surface area (Å²) in [5, 5.41) is 4.01. The van der Waals surface area contributed by atoms with Crippen LogP contribution in [0.1, 0.15) is 24.7 Å². The summed E-state index contributed by atoms with van der Waals surface area (Å²) in [6.45, 7) is 0.942. The number of piperidine rings is 1. The molecule has 0 spiro atoms. The molecule has 0 bridgehead atoms. The lowest BCUT2D eigenvalue weighted by Gasteiger charge is -2.28. The molecule has 0 unspecified atom stereocenters. The van der Waals surface area contributed by atoms with E-state index in [2.05, 4.69) is 10.1 Å². The molecule has 8 heteroatoms. The summed E-state index contributed by atoms with van der Waals surface area (Å²) in [6.07, 6.45) is 2.86. The third-order valence-corrected chi connectivity index (χ3v) is 5.26. The van der Waals surface area contributed by atoms with Crippen LogP contribution in [0.25, 0.3) is 11.4 Å². The predicted octanol–water partition coefficient (Wildman–Crippen LogP) is 1.88. The Morgan fingerprint density at radius 3 is 2.70 bits per heavy atom. The van der Waals surface area contributed by atoms with Crippen molar-refractivity contribution in [3.63, 3.8) is 0 Å². The minimum Gasteiger partial charge on any atom is -0.497 e. The lowest BCUT2D eigenvalue weighted by Crippen LogP contribution is -2.38. The summed E-state index contributed by atoms with van der Waals surface area (Å²) in [5.41, 5.74) is 0.830. The first-order valence-corrected chi connectivity index (χ1v) is 9.25. The molecule has 1 fully saturated rings. The first-order chi connectivity index (χ1) is 11.0. The maximum Gasteiger partial charge on any atom is 0.231 e. The van der Waals surface area contributed by atoms with Crippen LogP contribution in [-0.2, 0) is 10.0 Å². The van der Waals surface area contributed by atoms with Crippen molar-refractivity contribution in [2.45, 2.75) is 18.8 Å². The number of aromatic nitrogens is 2. The van der Waals surface area contributed by atoms with Gasteiger partial charge in [-0.1, -0.05) is 5.16 Å². The van der Waals surface area contributed by atoms with Gasteiger partial charge in [-0.2, -0.15) is 4.98 Å². The minimum atomic E-state index is -3.19. The van der Waals surface area contributed by atoms with E-state index in [1.807, 2.05) is 24.3 Å². The maximum absolute atomic E-state index is 11.7. The molecular formula is C15H19N3O4S. The molecule has 2 heterocycles. The SMILES string of the molecule is COc1ccc(-c2noc([C@H]3CCCN(S(C)(=O)=O)C3)n2)cc1. The van der Waals surface area contributed by atoms with Crippen molar-refractivity contribution in [3.8, 4) is 17.1 Å². The minimum absolute atomic E-state index is 0.0574. The smallest absolute Gasteiger partial charge is 0.231 e. The third kappa shape index (κ3) is 3.53. The van der Waals surface area contributed by atoms with Crippen LogP contribution in [0, 0.1) is 0 Å². The molecule has 124 valence electrons. The van der Waals surface area contributed by atoms with Gasteiger partial charge in [0.15, 0.2) is 0 Å². The van der Waals surface area contributed by atoms with E-state index in [4.69, 9.17) is 9.26 Å². The fraction of sp³-hybridized carbons (Fsp3) is 0.467. The Morgan fingerprint density at radius 1 is 1.30 bits per heavy atom. The molecule has 1 aromatic carbocycles. The van der Waals surface area contributed by atoms with Crippen molar-refractivity contribution in [2.75, 3.05) is 26.5 Å². The molecule has 1 saturated heterocycles. The van der Waals surface area contributed by atoms with Crippen molar-refractivity contribution in [2.24, 2.45) is 0 Å². The standard InChI is InChI=1S/C15H19N3O4S/c1-21-13-7-5-11(6-8-13)14-16-15(22-17-14)12-4-3-9-18(10-12)23(2,19)20/h5-8,12H,3-4,9-10H2,1-2H3/t12-/m0/s1. The molecular weight excluding hydrogens is 318 g/mol. The second kappa shape index (κ2) is 6.29. The Labute approximate surface area is 135 Å².